The zero-order valence-corrected chi connectivity index (χ0v) is 18.5. The molecule has 0 aromatic heterocycles. The molecular formula is C29H21F2NO2. The highest BCUT2D eigenvalue weighted by Gasteiger charge is 2.17. The fourth-order valence-corrected chi connectivity index (χ4v) is 3.73. The van der Waals surface area contributed by atoms with Crippen LogP contribution in [0.3, 0.4) is 0 Å². The van der Waals surface area contributed by atoms with Gasteiger partial charge in [0.05, 0.1) is 17.2 Å². The van der Waals surface area contributed by atoms with E-state index in [9.17, 15) is 13.6 Å². The summed E-state index contributed by atoms with van der Waals surface area (Å²) in [5.74, 6) is -1.47. The third-order valence-corrected chi connectivity index (χ3v) is 5.67. The summed E-state index contributed by atoms with van der Waals surface area (Å²) in [5.41, 5.74) is 2.80. The number of carbonyl (C=O) groups excluding carboxylic acids is 1. The zero-order valence-electron chi connectivity index (χ0n) is 18.5. The van der Waals surface area contributed by atoms with Crippen molar-refractivity contribution < 1.29 is 18.3 Å². The molecule has 1 atom stereocenters. The fourth-order valence-electron chi connectivity index (χ4n) is 3.73. The monoisotopic (exact) mass is 453 g/mol. The third-order valence-electron chi connectivity index (χ3n) is 5.67. The molecule has 0 radical (unpaired) electrons. The van der Waals surface area contributed by atoms with Crippen LogP contribution in [0.15, 0.2) is 91.0 Å². The van der Waals surface area contributed by atoms with Gasteiger partial charge in [-0.3, -0.25) is 0 Å². The van der Waals surface area contributed by atoms with Crippen molar-refractivity contribution in [1.29, 1.82) is 5.26 Å². The molecule has 0 aliphatic rings. The maximum absolute atomic E-state index is 14.8. The molecule has 0 unspecified atom stereocenters. The predicted molar refractivity (Wildman–Crippen MR) is 126 cm³/mol. The summed E-state index contributed by atoms with van der Waals surface area (Å²) >= 11 is 0. The Labute approximate surface area is 196 Å². The van der Waals surface area contributed by atoms with Gasteiger partial charge >= 0.3 is 5.97 Å². The predicted octanol–water partition coefficient (Wildman–Crippen LogP) is 7.07. The molecule has 0 spiro atoms. The summed E-state index contributed by atoms with van der Waals surface area (Å²) in [7, 11) is 0. The Morgan fingerprint density at radius 3 is 2.09 bits per heavy atom. The summed E-state index contributed by atoms with van der Waals surface area (Å²) in [5, 5.41) is 8.84. The molecule has 0 amide bonds. The first-order valence-corrected chi connectivity index (χ1v) is 10.8. The smallest absolute Gasteiger partial charge is 0.343 e. The maximum atomic E-state index is 14.8. The van der Waals surface area contributed by atoms with Crippen LogP contribution in [0.5, 0.6) is 5.75 Å². The second-order valence-corrected chi connectivity index (χ2v) is 8.04. The van der Waals surface area contributed by atoms with E-state index in [0.29, 0.717) is 28.0 Å². The van der Waals surface area contributed by atoms with Crippen LogP contribution in [0.25, 0.3) is 11.1 Å². The van der Waals surface area contributed by atoms with Gasteiger partial charge in [0.15, 0.2) is 0 Å². The summed E-state index contributed by atoms with van der Waals surface area (Å²) in [6, 6.07) is 26.8. The van der Waals surface area contributed by atoms with Gasteiger partial charge < -0.3 is 4.74 Å². The number of ether oxygens (including phenoxy) is 1. The molecule has 0 bridgehead atoms. The molecule has 34 heavy (non-hydrogen) atoms. The van der Waals surface area contributed by atoms with Crippen molar-refractivity contribution in [2.45, 2.75) is 19.3 Å². The van der Waals surface area contributed by atoms with Crippen molar-refractivity contribution in [2.75, 3.05) is 0 Å². The van der Waals surface area contributed by atoms with Gasteiger partial charge in [0, 0.05) is 5.56 Å². The first-order chi connectivity index (χ1) is 16.4. The lowest BCUT2D eigenvalue weighted by Gasteiger charge is -2.14. The van der Waals surface area contributed by atoms with Crippen molar-refractivity contribution in [2.24, 2.45) is 0 Å². The summed E-state index contributed by atoms with van der Waals surface area (Å²) in [6.45, 7) is 1.94. The van der Waals surface area contributed by atoms with Crippen molar-refractivity contribution in [1.82, 2.24) is 0 Å². The van der Waals surface area contributed by atoms with Gasteiger partial charge in [-0.1, -0.05) is 49.4 Å². The molecule has 168 valence electrons. The van der Waals surface area contributed by atoms with E-state index < -0.39 is 17.6 Å². The highest BCUT2D eigenvalue weighted by Crippen LogP contribution is 2.29. The standard InChI is InChI=1S/C29H21F2NO2/c1-19(21-5-3-2-4-6-21)15-26-27(30)16-24(17-28(26)31)22-9-11-23(12-10-22)29(33)34-25-13-7-20(18-32)8-14-25/h2-14,16-17,19H,15H2,1H3/t19-/m1/s1. The van der Waals surface area contributed by atoms with Gasteiger partial charge in [-0.25, -0.2) is 13.6 Å². The topological polar surface area (TPSA) is 50.1 Å². The number of nitriles is 1. The van der Waals surface area contributed by atoms with Crippen LogP contribution in [-0.4, -0.2) is 5.97 Å². The van der Waals surface area contributed by atoms with E-state index in [-0.39, 0.29) is 17.9 Å². The molecule has 0 saturated heterocycles. The second-order valence-electron chi connectivity index (χ2n) is 8.04. The normalized spacial score (nSPS) is 11.5. The molecule has 0 heterocycles. The fraction of sp³-hybridized carbons (Fsp3) is 0.103. The van der Waals surface area contributed by atoms with Crippen LogP contribution < -0.4 is 4.74 Å². The van der Waals surface area contributed by atoms with E-state index in [1.807, 2.05) is 43.3 Å². The number of halogens is 2. The molecule has 3 nitrogen and oxygen atoms in total. The van der Waals surface area contributed by atoms with Gasteiger partial charge in [-0.15, -0.1) is 0 Å². The SMILES string of the molecule is C[C@H](Cc1c(F)cc(-c2ccc(C(=O)Oc3ccc(C#N)cc3)cc2)cc1F)c1ccccc1. The van der Waals surface area contributed by atoms with Crippen LogP contribution in [0.2, 0.25) is 0 Å². The summed E-state index contributed by atoms with van der Waals surface area (Å²) in [4.78, 5) is 12.4. The summed E-state index contributed by atoms with van der Waals surface area (Å²) in [6.07, 6.45) is 0.252. The number of benzene rings is 4. The van der Waals surface area contributed by atoms with E-state index in [4.69, 9.17) is 10.00 Å². The van der Waals surface area contributed by atoms with E-state index in [1.165, 1.54) is 24.3 Å². The van der Waals surface area contributed by atoms with Gasteiger partial charge in [-0.2, -0.15) is 5.26 Å². The minimum Gasteiger partial charge on any atom is -0.423 e. The molecule has 0 fully saturated rings. The average molecular weight is 453 g/mol. The summed E-state index contributed by atoms with van der Waals surface area (Å²) < 4.78 is 35.0. The lowest BCUT2D eigenvalue weighted by atomic mass is 9.92. The average Bonchev–Trinajstić information content (AvgIpc) is 2.87. The number of hydrogen-bond donors (Lipinski definition) is 0. The maximum Gasteiger partial charge on any atom is 0.343 e. The lowest BCUT2D eigenvalue weighted by molar-refractivity contribution is 0.0735. The van der Waals surface area contributed by atoms with Crippen LogP contribution in [0.1, 0.15) is 39.9 Å². The largest absolute Gasteiger partial charge is 0.423 e. The number of hydrogen-bond acceptors (Lipinski definition) is 3. The minimum absolute atomic E-state index is 0.0301. The van der Waals surface area contributed by atoms with E-state index in [2.05, 4.69) is 0 Å². The first kappa shape index (κ1) is 22.9. The Bertz CT molecular complexity index is 1320. The molecule has 0 aliphatic carbocycles. The Kier molecular flexibility index (Phi) is 6.79. The van der Waals surface area contributed by atoms with E-state index in [1.54, 1.807) is 36.4 Å². The first-order valence-electron chi connectivity index (χ1n) is 10.8. The van der Waals surface area contributed by atoms with E-state index >= 15 is 0 Å². The number of carbonyl (C=O) groups is 1. The van der Waals surface area contributed by atoms with Gasteiger partial charge in [0.2, 0.25) is 0 Å². The molecule has 4 aromatic rings. The van der Waals surface area contributed by atoms with Crippen LogP contribution >= 0.6 is 0 Å². The highest BCUT2D eigenvalue weighted by molar-refractivity contribution is 5.91. The van der Waals surface area contributed by atoms with Crippen molar-refractivity contribution in [3.05, 3.63) is 125 Å². The van der Waals surface area contributed by atoms with E-state index in [0.717, 1.165) is 5.56 Å². The molecule has 0 aliphatic heterocycles. The van der Waals surface area contributed by atoms with Gasteiger partial charge in [0.1, 0.15) is 17.4 Å². The molecule has 0 N–H and O–H groups in total. The quantitative estimate of drug-likeness (QED) is 0.232. The molecule has 0 saturated carbocycles. The second kappa shape index (κ2) is 10.1. The molecule has 5 heteroatoms. The number of esters is 1. The minimum atomic E-state index is -0.595. The number of nitrogens with zero attached hydrogens (tertiary/aromatic N) is 1. The van der Waals surface area contributed by atoms with Crippen LogP contribution in [-0.2, 0) is 6.42 Å². The van der Waals surface area contributed by atoms with Crippen LogP contribution in [0, 0.1) is 23.0 Å². The molecular weight excluding hydrogens is 432 g/mol. The van der Waals surface area contributed by atoms with Crippen molar-refractivity contribution in [3.8, 4) is 22.9 Å². The van der Waals surface area contributed by atoms with Crippen LogP contribution in [0.4, 0.5) is 8.78 Å². The van der Waals surface area contributed by atoms with Crippen molar-refractivity contribution in [3.63, 3.8) is 0 Å². The van der Waals surface area contributed by atoms with Gasteiger partial charge in [0.25, 0.3) is 0 Å². The molecule has 4 rings (SSSR count). The molecule has 4 aromatic carbocycles. The third kappa shape index (κ3) is 5.19. The van der Waals surface area contributed by atoms with Gasteiger partial charge in [-0.05, 0) is 77.6 Å². The van der Waals surface area contributed by atoms with Crippen molar-refractivity contribution >= 4 is 5.97 Å². The number of rotatable bonds is 6. The Morgan fingerprint density at radius 2 is 1.50 bits per heavy atom. The Hall–Kier alpha value is -4.30. The highest BCUT2D eigenvalue weighted by atomic mass is 19.1. The Morgan fingerprint density at radius 1 is 0.882 bits per heavy atom. The Balaban J connectivity index is 1.48. The zero-order chi connectivity index (χ0) is 24.1. The lowest BCUT2D eigenvalue weighted by Crippen LogP contribution is -2.08.